The summed E-state index contributed by atoms with van der Waals surface area (Å²) < 4.78 is 38.1. The molecule has 5 nitrogen and oxygen atoms in total. The van der Waals surface area contributed by atoms with Crippen molar-refractivity contribution >= 4 is 29.9 Å². The zero-order valence-electron chi connectivity index (χ0n) is 17.7. The van der Waals surface area contributed by atoms with Crippen LogP contribution in [0.5, 0.6) is 0 Å². The average molecular weight is 539 g/mol. The number of nitrogens with zero attached hydrogens (tertiary/aromatic N) is 3. The Morgan fingerprint density at radius 3 is 2.37 bits per heavy atom. The Bertz CT molecular complexity index is 672. The Balaban J connectivity index is 0.00000320. The quantitative estimate of drug-likeness (QED) is 0.342. The van der Waals surface area contributed by atoms with E-state index < -0.39 is 11.7 Å². The van der Waals surface area contributed by atoms with E-state index >= 15 is 0 Å². The molecule has 0 saturated carbocycles. The molecular weight excluding hydrogens is 506 g/mol. The lowest BCUT2D eigenvalue weighted by Gasteiger charge is -2.29. The fourth-order valence-electron chi connectivity index (χ4n) is 4.05. The lowest BCUT2D eigenvalue weighted by atomic mass is 9.97. The minimum atomic E-state index is -4.28. The van der Waals surface area contributed by atoms with Gasteiger partial charge in [-0.15, -0.1) is 24.0 Å². The van der Waals surface area contributed by atoms with Gasteiger partial charge in [-0.2, -0.15) is 13.2 Å². The van der Waals surface area contributed by atoms with Gasteiger partial charge in [-0.1, -0.05) is 12.1 Å². The van der Waals surface area contributed by atoms with E-state index in [1.165, 1.54) is 12.8 Å². The van der Waals surface area contributed by atoms with E-state index in [9.17, 15) is 13.2 Å². The molecule has 2 aliphatic heterocycles. The molecule has 0 bridgehead atoms. The molecule has 170 valence electrons. The molecule has 2 N–H and O–H groups in total. The smallest absolute Gasteiger partial charge is 0.356 e. The summed E-state index contributed by atoms with van der Waals surface area (Å²) in [5.74, 6) is 1.52. The molecule has 1 unspecified atom stereocenters. The predicted octanol–water partition coefficient (Wildman–Crippen LogP) is 3.40. The normalized spacial score (nSPS) is 22.0. The van der Waals surface area contributed by atoms with Crippen molar-refractivity contribution in [2.75, 3.05) is 46.8 Å². The highest BCUT2D eigenvalue weighted by Crippen LogP contribution is 2.29. The van der Waals surface area contributed by atoms with Crippen molar-refractivity contribution in [2.24, 2.45) is 10.9 Å². The van der Waals surface area contributed by atoms with Crippen molar-refractivity contribution in [3.05, 3.63) is 35.4 Å². The third-order valence-electron chi connectivity index (χ3n) is 5.92. The predicted molar refractivity (Wildman–Crippen MR) is 125 cm³/mol. The van der Waals surface area contributed by atoms with Crippen LogP contribution in [0, 0.1) is 5.92 Å². The molecular formula is C21H33F3IN5. The van der Waals surface area contributed by atoms with Crippen LogP contribution in [0.1, 0.15) is 30.4 Å². The highest BCUT2D eigenvalue weighted by molar-refractivity contribution is 14.0. The molecule has 0 aliphatic carbocycles. The SMILES string of the molecule is CN=C(NCC1CCN(C)CC1)NC1CCN(Cc2ccc(C(F)(F)F)cc2)C1.I. The fraction of sp³-hybridized carbons (Fsp3) is 0.667. The molecule has 30 heavy (non-hydrogen) atoms. The number of nitrogens with one attached hydrogen (secondary N) is 2. The first-order valence-corrected chi connectivity index (χ1v) is 10.4. The lowest BCUT2D eigenvalue weighted by molar-refractivity contribution is -0.137. The molecule has 3 rings (SSSR count). The summed E-state index contributed by atoms with van der Waals surface area (Å²) in [7, 11) is 3.96. The van der Waals surface area contributed by atoms with Gasteiger partial charge in [0, 0.05) is 39.3 Å². The van der Waals surface area contributed by atoms with Gasteiger partial charge in [-0.05, 0) is 63.0 Å². The molecule has 2 aliphatic rings. The number of piperidine rings is 1. The van der Waals surface area contributed by atoms with Crippen molar-refractivity contribution in [2.45, 2.75) is 38.0 Å². The van der Waals surface area contributed by atoms with Crippen LogP contribution in [0.25, 0.3) is 0 Å². The highest BCUT2D eigenvalue weighted by Gasteiger charge is 2.30. The Morgan fingerprint density at radius 2 is 1.77 bits per heavy atom. The van der Waals surface area contributed by atoms with Crippen molar-refractivity contribution in [3.8, 4) is 0 Å². The number of benzene rings is 1. The minimum absolute atomic E-state index is 0. The first-order chi connectivity index (χ1) is 13.8. The lowest BCUT2D eigenvalue weighted by Crippen LogP contribution is -2.46. The van der Waals surface area contributed by atoms with Gasteiger partial charge in [0.25, 0.3) is 0 Å². The van der Waals surface area contributed by atoms with Crippen LogP contribution in [0.3, 0.4) is 0 Å². The second kappa shape index (κ2) is 11.5. The Labute approximate surface area is 194 Å². The largest absolute Gasteiger partial charge is 0.416 e. The van der Waals surface area contributed by atoms with Crippen molar-refractivity contribution in [1.29, 1.82) is 0 Å². The maximum atomic E-state index is 12.7. The maximum absolute atomic E-state index is 12.7. The van der Waals surface area contributed by atoms with Crippen molar-refractivity contribution in [3.63, 3.8) is 0 Å². The van der Waals surface area contributed by atoms with E-state index in [0.29, 0.717) is 18.5 Å². The number of alkyl halides is 3. The number of hydrogen-bond donors (Lipinski definition) is 2. The van der Waals surface area contributed by atoms with Gasteiger partial charge < -0.3 is 15.5 Å². The van der Waals surface area contributed by atoms with E-state index in [2.05, 4.69) is 32.5 Å². The molecule has 2 saturated heterocycles. The van der Waals surface area contributed by atoms with Gasteiger partial charge in [-0.25, -0.2) is 0 Å². The number of likely N-dealkylation sites (tertiary alicyclic amines) is 2. The number of halogens is 4. The third-order valence-corrected chi connectivity index (χ3v) is 5.92. The maximum Gasteiger partial charge on any atom is 0.416 e. The molecule has 9 heteroatoms. The molecule has 0 amide bonds. The zero-order valence-corrected chi connectivity index (χ0v) is 20.0. The van der Waals surface area contributed by atoms with Crippen molar-refractivity contribution < 1.29 is 13.2 Å². The Kier molecular flexibility index (Phi) is 9.67. The van der Waals surface area contributed by atoms with E-state index in [-0.39, 0.29) is 24.0 Å². The summed E-state index contributed by atoms with van der Waals surface area (Å²) in [6, 6.07) is 5.77. The summed E-state index contributed by atoms with van der Waals surface area (Å²) in [6.45, 7) is 5.69. The number of guanidine groups is 1. The van der Waals surface area contributed by atoms with Crippen LogP contribution in [0.15, 0.2) is 29.3 Å². The van der Waals surface area contributed by atoms with Crippen molar-refractivity contribution in [1.82, 2.24) is 20.4 Å². The van der Waals surface area contributed by atoms with Gasteiger partial charge >= 0.3 is 6.18 Å². The van der Waals surface area contributed by atoms with E-state index in [0.717, 1.165) is 62.8 Å². The van der Waals surface area contributed by atoms with Gasteiger partial charge in [0.2, 0.25) is 0 Å². The van der Waals surface area contributed by atoms with Crippen LogP contribution in [0.2, 0.25) is 0 Å². The summed E-state index contributed by atoms with van der Waals surface area (Å²) in [6.07, 6.45) is -0.858. The average Bonchev–Trinajstić information content (AvgIpc) is 3.13. The van der Waals surface area contributed by atoms with Gasteiger partial charge in [-0.3, -0.25) is 9.89 Å². The summed E-state index contributed by atoms with van der Waals surface area (Å²) in [5.41, 5.74) is 0.310. The molecule has 1 aromatic rings. The third kappa shape index (κ3) is 7.56. The number of rotatable bonds is 5. The second-order valence-electron chi connectivity index (χ2n) is 8.26. The number of hydrogen-bond acceptors (Lipinski definition) is 3. The van der Waals surface area contributed by atoms with Crippen LogP contribution in [0.4, 0.5) is 13.2 Å². The fourth-order valence-corrected chi connectivity index (χ4v) is 4.05. The summed E-state index contributed by atoms with van der Waals surface area (Å²) in [4.78, 5) is 8.99. The first-order valence-electron chi connectivity index (χ1n) is 10.4. The summed E-state index contributed by atoms with van der Waals surface area (Å²) >= 11 is 0. The van der Waals surface area contributed by atoms with Gasteiger partial charge in [0.05, 0.1) is 5.56 Å². The molecule has 0 spiro atoms. The van der Waals surface area contributed by atoms with Gasteiger partial charge in [0.1, 0.15) is 0 Å². The Hall–Kier alpha value is -1.07. The highest BCUT2D eigenvalue weighted by atomic mass is 127. The van der Waals surface area contributed by atoms with E-state index in [1.54, 1.807) is 19.2 Å². The molecule has 2 heterocycles. The monoisotopic (exact) mass is 539 g/mol. The molecule has 2 fully saturated rings. The van der Waals surface area contributed by atoms with E-state index in [4.69, 9.17) is 0 Å². The van der Waals surface area contributed by atoms with Crippen LogP contribution >= 0.6 is 24.0 Å². The molecule has 0 aromatic heterocycles. The van der Waals surface area contributed by atoms with Crippen LogP contribution in [-0.4, -0.2) is 68.6 Å². The summed E-state index contributed by atoms with van der Waals surface area (Å²) in [5, 5.41) is 6.96. The van der Waals surface area contributed by atoms with Crippen LogP contribution < -0.4 is 10.6 Å². The Morgan fingerprint density at radius 1 is 1.10 bits per heavy atom. The number of aliphatic imine (C=N–C) groups is 1. The molecule has 1 atom stereocenters. The molecule has 1 aromatic carbocycles. The topological polar surface area (TPSA) is 42.9 Å². The minimum Gasteiger partial charge on any atom is -0.356 e. The standard InChI is InChI=1S/C21H32F3N5.HI/c1-25-20(26-13-16-7-10-28(2)11-8-16)27-19-9-12-29(15-19)14-17-3-5-18(6-4-17)21(22,23)24;/h3-6,16,19H,7-15H2,1-2H3,(H2,25,26,27);1H. The second-order valence-corrected chi connectivity index (χ2v) is 8.26. The van der Waals surface area contributed by atoms with E-state index in [1.807, 2.05) is 0 Å². The first kappa shape index (κ1) is 25.2. The van der Waals surface area contributed by atoms with Crippen LogP contribution in [-0.2, 0) is 12.7 Å². The van der Waals surface area contributed by atoms with Gasteiger partial charge in [0.15, 0.2) is 5.96 Å². The zero-order chi connectivity index (χ0) is 20.9. The molecule has 0 radical (unpaired) electrons.